The second-order valence-corrected chi connectivity index (χ2v) is 8.04. The van der Waals surface area contributed by atoms with Crippen molar-refractivity contribution in [2.24, 2.45) is 0 Å². The number of halogens is 1. The van der Waals surface area contributed by atoms with Crippen LogP contribution in [0.15, 0.2) is 78.9 Å². The number of aromatic amines is 1. The van der Waals surface area contributed by atoms with Crippen molar-refractivity contribution in [3.63, 3.8) is 0 Å². The van der Waals surface area contributed by atoms with Gasteiger partial charge in [-0.05, 0) is 30.2 Å². The molecule has 0 saturated carbocycles. The third-order valence-electron chi connectivity index (χ3n) is 5.57. The fraction of sp³-hybridized carbons (Fsp3) is 0.120. The first kappa shape index (κ1) is 18.6. The highest BCUT2D eigenvalue weighted by Crippen LogP contribution is 2.43. The third kappa shape index (κ3) is 3.19. The lowest BCUT2D eigenvalue weighted by molar-refractivity contribution is 0.0730. The number of carbonyl (C=O) groups excluding carboxylic acids is 1. The molecule has 0 bridgehead atoms. The zero-order valence-corrected chi connectivity index (χ0v) is 17.2. The summed E-state index contributed by atoms with van der Waals surface area (Å²) in [4.78, 5) is 15.3. The Morgan fingerprint density at radius 3 is 2.37 bits per heavy atom. The first-order valence-corrected chi connectivity index (χ1v) is 10.3. The Morgan fingerprint density at radius 1 is 0.967 bits per heavy atom. The number of carbonyl (C=O) groups is 1. The molecule has 1 aliphatic heterocycles. The number of benzene rings is 3. The van der Waals surface area contributed by atoms with Crippen molar-refractivity contribution in [1.29, 1.82) is 0 Å². The van der Waals surface area contributed by atoms with E-state index >= 15 is 0 Å². The minimum absolute atomic E-state index is 0.0415. The highest BCUT2D eigenvalue weighted by Gasteiger charge is 2.42. The summed E-state index contributed by atoms with van der Waals surface area (Å²) in [7, 11) is 0. The minimum atomic E-state index is -0.236. The molecule has 4 nitrogen and oxygen atoms in total. The van der Waals surface area contributed by atoms with E-state index in [2.05, 4.69) is 41.4 Å². The summed E-state index contributed by atoms with van der Waals surface area (Å²) in [5, 5.41) is 8.18. The van der Waals surface area contributed by atoms with Crippen LogP contribution < -0.4 is 0 Å². The molecule has 148 valence electrons. The molecule has 30 heavy (non-hydrogen) atoms. The molecular formula is C25H20ClN3O. The number of fused-ring (bicyclic) bond motifs is 1. The van der Waals surface area contributed by atoms with Crippen LogP contribution in [0.4, 0.5) is 0 Å². The van der Waals surface area contributed by atoms with Gasteiger partial charge in [0.25, 0.3) is 5.91 Å². The second-order valence-electron chi connectivity index (χ2n) is 7.60. The SMILES string of the molecule is Cc1ccc(CN2C(=O)c3[nH]nc(-c4ccccc4)c3C2c2ccc(Cl)cc2)cc1. The number of rotatable bonds is 4. The topological polar surface area (TPSA) is 49.0 Å². The Hall–Kier alpha value is -3.37. The van der Waals surface area contributed by atoms with Gasteiger partial charge in [-0.25, -0.2) is 0 Å². The predicted octanol–water partition coefficient (Wildman–Crippen LogP) is 5.78. The van der Waals surface area contributed by atoms with Gasteiger partial charge < -0.3 is 4.90 Å². The van der Waals surface area contributed by atoms with Crippen LogP contribution in [0.25, 0.3) is 11.3 Å². The van der Waals surface area contributed by atoms with Crippen LogP contribution in [0.5, 0.6) is 0 Å². The fourth-order valence-electron chi connectivity index (χ4n) is 4.06. The normalized spacial score (nSPS) is 15.5. The first-order valence-electron chi connectivity index (χ1n) is 9.87. The van der Waals surface area contributed by atoms with Gasteiger partial charge in [0.2, 0.25) is 0 Å². The van der Waals surface area contributed by atoms with Gasteiger partial charge in [-0.2, -0.15) is 5.10 Å². The molecule has 0 spiro atoms. The van der Waals surface area contributed by atoms with Crippen LogP contribution in [0.3, 0.4) is 0 Å². The van der Waals surface area contributed by atoms with Crippen molar-refractivity contribution in [3.05, 3.63) is 112 Å². The van der Waals surface area contributed by atoms with Crippen molar-refractivity contribution in [2.75, 3.05) is 0 Å². The average Bonchev–Trinajstić information content (AvgIpc) is 3.31. The number of aromatic nitrogens is 2. The van der Waals surface area contributed by atoms with Crippen molar-refractivity contribution >= 4 is 17.5 Å². The molecule has 5 rings (SSSR count). The summed E-state index contributed by atoms with van der Waals surface area (Å²) in [5.41, 5.74) is 6.57. The summed E-state index contributed by atoms with van der Waals surface area (Å²) in [6, 6.07) is 25.7. The molecule has 2 heterocycles. The fourth-order valence-corrected chi connectivity index (χ4v) is 4.18. The van der Waals surface area contributed by atoms with E-state index in [1.165, 1.54) is 5.56 Å². The maximum Gasteiger partial charge on any atom is 0.273 e. The van der Waals surface area contributed by atoms with E-state index < -0.39 is 0 Å². The van der Waals surface area contributed by atoms with Gasteiger partial charge in [0.1, 0.15) is 5.69 Å². The van der Waals surface area contributed by atoms with Crippen molar-refractivity contribution in [1.82, 2.24) is 15.1 Å². The summed E-state index contributed by atoms with van der Waals surface area (Å²) >= 11 is 6.14. The summed E-state index contributed by atoms with van der Waals surface area (Å²) in [6.45, 7) is 2.58. The Labute approximate surface area is 180 Å². The van der Waals surface area contributed by atoms with Gasteiger partial charge in [0.15, 0.2) is 0 Å². The average molecular weight is 414 g/mol. The number of H-pyrrole nitrogens is 1. The highest BCUT2D eigenvalue weighted by atomic mass is 35.5. The summed E-state index contributed by atoms with van der Waals surface area (Å²) < 4.78 is 0. The Morgan fingerprint density at radius 2 is 1.67 bits per heavy atom. The minimum Gasteiger partial charge on any atom is -0.322 e. The number of hydrogen-bond acceptors (Lipinski definition) is 2. The van der Waals surface area contributed by atoms with Gasteiger partial charge in [0.05, 0.1) is 11.7 Å². The third-order valence-corrected chi connectivity index (χ3v) is 5.82. The monoisotopic (exact) mass is 413 g/mol. The number of amides is 1. The number of hydrogen-bond donors (Lipinski definition) is 1. The zero-order valence-electron chi connectivity index (χ0n) is 16.5. The maximum absolute atomic E-state index is 13.4. The van der Waals surface area contributed by atoms with E-state index in [0.29, 0.717) is 17.3 Å². The van der Waals surface area contributed by atoms with Crippen molar-refractivity contribution < 1.29 is 4.79 Å². The van der Waals surface area contributed by atoms with E-state index in [9.17, 15) is 4.79 Å². The standard InChI is InChI=1S/C25H20ClN3O/c1-16-7-9-17(10-8-16)15-29-24(19-11-13-20(26)14-12-19)21-22(18-5-3-2-4-6-18)27-28-23(21)25(29)30/h2-14,24H,15H2,1H3,(H,27,28). The van der Waals surface area contributed by atoms with Gasteiger partial charge in [0, 0.05) is 22.7 Å². The predicted molar refractivity (Wildman–Crippen MR) is 118 cm³/mol. The van der Waals surface area contributed by atoms with Crippen LogP contribution in [0.2, 0.25) is 5.02 Å². The molecular weight excluding hydrogens is 394 g/mol. The van der Waals surface area contributed by atoms with E-state index in [1.54, 1.807) is 0 Å². The van der Waals surface area contributed by atoms with Crippen molar-refractivity contribution in [3.8, 4) is 11.3 Å². The van der Waals surface area contributed by atoms with Crippen LogP contribution in [-0.2, 0) is 6.54 Å². The van der Waals surface area contributed by atoms with Gasteiger partial charge in [-0.3, -0.25) is 9.89 Å². The highest BCUT2D eigenvalue weighted by molar-refractivity contribution is 6.30. The molecule has 0 aliphatic carbocycles. The molecule has 1 amide bonds. The quantitative estimate of drug-likeness (QED) is 0.460. The molecule has 4 aromatic rings. The van der Waals surface area contributed by atoms with Crippen LogP contribution >= 0.6 is 11.6 Å². The molecule has 0 saturated heterocycles. The number of nitrogens with zero attached hydrogens (tertiary/aromatic N) is 2. The zero-order chi connectivity index (χ0) is 20.7. The maximum atomic E-state index is 13.4. The van der Waals surface area contributed by atoms with Gasteiger partial charge in [-0.1, -0.05) is 83.9 Å². The number of aryl methyl sites for hydroxylation is 1. The first-order chi connectivity index (χ1) is 14.6. The number of nitrogens with one attached hydrogen (secondary N) is 1. The Kier molecular flexibility index (Phi) is 4.64. The largest absolute Gasteiger partial charge is 0.322 e. The van der Waals surface area contributed by atoms with Crippen LogP contribution in [-0.4, -0.2) is 21.0 Å². The molecule has 1 unspecified atom stereocenters. The Balaban J connectivity index is 1.63. The molecule has 3 aromatic carbocycles. The molecule has 5 heteroatoms. The van der Waals surface area contributed by atoms with Crippen LogP contribution in [0.1, 0.15) is 38.8 Å². The van der Waals surface area contributed by atoms with Gasteiger partial charge in [-0.15, -0.1) is 0 Å². The molecule has 0 fully saturated rings. The summed E-state index contributed by atoms with van der Waals surface area (Å²) in [5.74, 6) is -0.0415. The molecule has 0 radical (unpaired) electrons. The van der Waals surface area contributed by atoms with Crippen LogP contribution in [0, 0.1) is 6.92 Å². The second kappa shape index (κ2) is 7.47. The lowest BCUT2D eigenvalue weighted by atomic mass is 9.96. The lowest BCUT2D eigenvalue weighted by Crippen LogP contribution is -2.29. The molecule has 1 N–H and O–H groups in total. The van der Waals surface area contributed by atoms with E-state index in [1.807, 2.05) is 59.5 Å². The van der Waals surface area contributed by atoms with Crippen molar-refractivity contribution in [2.45, 2.75) is 19.5 Å². The molecule has 1 atom stereocenters. The van der Waals surface area contributed by atoms with E-state index in [4.69, 9.17) is 11.6 Å². The molecule has 1 aromatic heterocycles. The summed E-state index contributed by atoms with van der Waals surface area (Å²) in [6.07, 6.45) is 0. The smallest absolute Gasteiger partial charge is 0.273 e. The lowest BCUT2D eigenvalue weighted by Gasteiger charge is -2.26. The van der Waals surface area contributed by atoms with E-state index in [0.717, 1.165) is 27.9 Å². The Bertz CT molecular complexity index is 1200. The molecule has 1 aliphatic rings. The van der Waals surface area contributed by atoms with E-state index in [-0.39, 0.29) is 11.9 Å². The van der Waals surface area contributed by atoms with Gasteiger partial charge >= 0.3 is 0 Å².